The maximum absolute atomic E-state index is 10.4. The zero-order valence-electron chi connectivity index (χ0n) is 10.3. The van der Waals surface area contributed by atoms with Gasteiger partial charge in [0.15, 0.2) is 0 Å². The summed E-state index contributed by atoms with van der Waals surface area (Å²) < 4.78 is 0. The van der Waals surface area contributed by atoms with Crippen LogP contribution in [0.5, 0.6) is 0 Å². The lowest BCUT2D eigenvalue weighted by molar-refractivity contribution is 0.139. The quantitative estimate of drug-likeness (QED) is 0.706. The fourth-order valence-corrected chi connectivity index (χ4v) is 2.89. The molecule has 1 aliphatic carbocycles. The van der Waals surface area contributed by atoms with Gasteiger partial charge in [-0.15, -0.1) is 0 Å². The molecule has 2 nitrogen and oxygen atoms in total. The summed E-state index contributed by atoms with van der Waals surface area (Å²) in [6, 6.07) is 0.319. The molecule has 2 atom stereocenters. The summed E-state index contributed by atoms with van der Waals surface area (Å²) in [6.07, 6.45) is 13.3. The Kier molecular flexibility index (Phi) is 4.86. The second kappa shape index (κ2) is 6.41. The molecule has 1 aliphatic heterocycles. The van der Waals surface area contributed by atoms with Crippen molar-refractivity contribution in [2.24, 2.45) is 0 Å². The van der Waals surface area contributed by atoms with Crippen LogP contribution in [0.25, 0.3) is 0 Å². The Balaban J connectivity index is 1.92. The molecule has 0 saturated carbocycles. The van der Waals surface area contributed by atoms with E-state index in [4.69, 9.17) is 0 Å². The van der Waals surface area contributed by atoms with Gasteiger partial charge < -0.3 is 10.4 Å². The monoisotopic (exact) mass is 223 g/mol. The van der Waals surface area contributed by atoms with E-state index in [1.54, 1.807) is 0 Å². The lowest BCUT2D eigenvalue weighted by Gasteiger charge is -2.30. The van der Waals surface area contributed by atoms with E-state index in [1.807, 2.05) is 0 Å². The molecule has 0 aromatic carbocycles. The first-order valence-corrected chi connectivity index (χ1v) is 6.98. The first kappa shape index (κ1) is 12.1. The van der Waals surface area contributed by atoms with E-state index < -0.39 is 0 Å². The van der Waals surface area contributed by atoms with Crippen molar-refractivity contribution >= 4 is 0 Å². The van der Waals surface area contributed by atoms with Gasteiger partial charge in [-0.05, 0) is 50.6 Å². The van der Waals surface area contributed by atoms with Gasteiger partial charge in [0.05, 0.1) is 6.10 Å². The minimum absolute atomic E-state index is 0.224. The van der Waals surface area contributed by atoms with Crippen LogP contribution in [-0.4, -0.2) is 23.8 Å². The molecule has 2 rings (SSSR count). The van der Waals surface area contributed by atoms with Crippen LogP contribution in [0, 0.1) is 0 Å². The van der Waals surface area contributed by atoms with Crippen molar-refractivity contribution in [3.05, 3.63) is 11.6 Å². The van der Waals surface area contributed by atoms with Crippen molar-refractivity contribution in [1.29, 1.82) is 0 Å². The predicted molar refractivity (Wildman–Crippen MR) is 67.4 cm³/mol. The highest BCUT2D eigenvalue weighted by atomic mass is 16.3. The smallest absolute Gasteiger partial charge is 0.0903 e. The first-order chi connectivity index (χ1) is 7.88. The normalized spacial score (nSPS) is 30.1. The number of aliphatic hydroxyl groups excluding tert-OH is 1. The van der Waals surface area contributed by atoms with Gasteiger partial charge in [-0.1, -0.05) is 25.3 Å². The first-order valence-electron chi connectivity index (χ1n) is 6.98. The summed E-state index contributed by atoms with van der Waals surface area (Å²) in [6.45, 7) is 1.08. The van der Waals surface area contributed by atoms with Crippen LogP contribution in [0.4, 0.5) is 0 Å². The molecule has 2 heteroatoms. The molecular weight excluding hydrogens is 198 g/mol. The van der Waals surface area contributed by atoms with Crippen molar-refractivity contribution in [3.63, 3.8) is 0 Å². The lowest BCUT2D eigenvalue weighted by atomic mass is 9.89. The van der Waals surface area contributed by atoms with Crippen LogP contribution in [-0.2, 0) is 0 Å². The van der Waals surface area contributed by atoms with Crippen LogP contribution in [0.3, 0.4) is 0 Å². The lowest BCUT2D eigenvalue weighted by Crippen LogP contribution is -2.44. The van der Waals surface area contributed by atoms with Crippen LogP contribution >= 0.6 is 0 Å². The molecular formula is C14H25NO. The van der Waals surface area contributed by atoms with Crippen molar-refractivity contribution in [1.82, 2.24) is 5.32 Å². The minimum atomic E-state index is -0.224. The summed E-state index contributed by atoms with van der Waals surface area (Å²) >= 11 is 0. The molecule has 2 unspecified atom stereocenters. The van der Waals surface area contributed by atoms with E-state index in [0.717, 1.165) is 19.4 Å². The fraction of sp³-hybridized carbons (Fsp3) is 0.857. The molecule has 0 spiro atoms. The van der Waals surface area contributed by atoms with Gasteiger partial charge in [-0.2, -0.15) is 0 Å². The second-order valence-corrected chi connectivity index (χ2v) is 5.23. The van der Waals surface area contributed by atoms with Crippen molar-refractivity contribution in [2.75, 3.05) is 6.54 Å². The van der Waals surface area contributed by atoms with E-state index in [1.165, 1.54) is 50.5 Å². The Labute approximate surface area is 99.1 Å². The number of allylic oxidation sites excluding steroid dienone is 1. The van der Waals surface area contributed by atoms with Gasteiger partial charge in [-0.25, -0.2) is 0 Å². The maximum atomic E-state index is 10.4. The fourth-order valence-electron chi connectivity index (χ4n) is 2.89. The highest BCUT2D eigenvalue weighted by Gasteiger charge is 2.24. The summed E-state index contributed by atoms with van der Waals surface area (Å²) in [4.78, 5) is 0. The molecule has 1 saturated heterocycles. The average molecular weight is 223 g/mol. The van der Waals surface area contributed by atoms with Crippen LogP contribution in [0.1, 0.15) is 57.8 Å². The second-order valence-electron chi connectivity index (χ2n) is 5.23. The zero-order valence-corrected chi connectivity index (χ0v) is 10.3. The minimum Gasteiger partial charge on any atom is -0.387 e. The van der Waals surface area contributed by atoms with E-state index in [2.05, 4.69) is 11.4 Å². The van der Waals surface area contributed by atoms with Gasteiger partial charge in [0, 0.05) is 6.04 Å². The molecule has 1 fully saturated rings. The highest BCUT2D eigenvalue weighted by molar-refractivity contribution is 5.12. The standard InChI is InChI=1S/C14H25NO/c16-14(13-10-6-7-11-15-13)12-8-4-2-1-3-5-9-12/h8,13-16H,1-7,9-11H2. The summed E-state index contributed by atoms with van der Waals surface area (Å²) in [5.74, 6) is 0. The van der Waals surface area contributed by atoms with E-state index in [0.29, 0.717) is 6.04 Å². The Hall–Kier alpha value is -0.340. The molecule has 0 amide bonds. The number of hydrogen-bond donors (Lipinski definition) is 2. The molecule has 0 aromatic rings. The predicted octanol–water partition coefficient (Wildman–Crippen LogP) is 2.77. The van der Waals surface area contributed by atoms with Crippen molar-refractivity contribution < 1.29 is 5.11 Å². The number of aliphatic hydroxyl groups is 1. The van der Waals surface area contributed by atoms with E-state index in [-0.39, 0.29) is 6.10 Å². The van der Waals surface area contributed by atoms with E-state index in [9.17, 15) is 5.11 Å². The summed E-state index contributed by atoms with van der Waals surface area (Å²) in [5.41, 5.74) is 1.30. The molecule has 2 aliphatic rings. The molecule has 92 valence electrons. The highest BCUT2D eigenvalue weighted by Crippen LogP contribution is 2.23. The van der Waals surface area contributed by atoms with Crippen molar-refractivity contribution in [2.45, 2.75) is 69.9 Å². The summed E-state index contributed by atoms with van der Waals surface area (Å²) in [7, 11) is 0. The molecule has 16 heavy (non-hydrogen) atoms. The third kappa shape index (κ3) is 3.33. The molecule has 0 radical (unpaired) electrons. The van der Waals surface area contributed by atoms with Crippen LogP contribution in [0.15, 0.2) is 11.6 Å². The van der Waals surface area contributed by atoms with Gasteiger partial charge in [0.25, 0.3) is 0 Å². The zero-order chi connectivity index (χ0) is 11.2. The van der Waals surface area contributed by atoms with E-state index >= 15 is 0 Å². The Morgan fingerprint density at radius 2 is 2.00 bits per heavy atom. The third-order valence-corrected chi connectivity index (χ3v) is 3.94. The van der Waals surface area contributed by atoms with Crippen molar-refractivity contribution in [3.8, 4) is 0 Å². The largest absolute Gasteiger partial charge is 0.387 e. The maximum Gasteiger partial charge on any atom is 0.0903 e. The van der Waals surface area contributed by atoms with Gasteiger partial charge in [0.2, 0.25) is 0 Å². The molecule has 1 heterocycles. The molecule has 0 bridgehead atoms. The SMILES string of the molecule is OC(C1=CCCCCCC1)C1CCCCN1. The number of nitrogens with one attached hydrogen (secondary N) is 1. The summed E-state index contributed by atoms with van der Waals surface area (Å²) in [5, 5.41) is 13.8. The third-order valence-electron chi connectivity index (χ3n) is 3.94. The Bertz CT molecular complexity index is 231. The average Bonchev–Trinajstić information content (AvgIpc) is 2.29. The molecule has 0 aromatic heterocycles. The Morgan fingerprint density at radius 1 is 1.12 bits per heavy atom. The van der Waals surface area contributed by atoms with Crippen LogP contribution < -0.4 is 5.32 Å². The molecule has 2 N–H and O–H groups in total. The van der Waals surface area contributed by atoms with Gasteiger partial charge in [0.1, 0.15) is 0 Å². The van der Waals surface area contributed by atoms with Crippen LogP contribution in [0.2, 0.25) is 0 Å². The number of rotatable bonds is 2. The van der Waals surface area contributed by atoms with Gasteiger partial charge >= 0.3 is 0 Å². The number of piperidine rings is 1. The Morgan fingerprint density at radius 3 is 2.81 bits per heavy atom. The number of hydrogen-bond acceptors (Lipinski definition) is 2. The van der Waals surface area contributed by atoms with Gasteiger partial charge in [-0.3, -0.25) is 0 Å². The topological polar surface area (TPSA) is 32.3 Å².